The van der Waals surface area contributed by atoms with Crippen molar-refractivity contribution in [2.24, 2.45) is 13.0 Å². The molecule has 3 aliphatic rings. The second-order valence-corrected chi connectivity index (χ2v) is 18.5. The number of nitrogens with one attached hydrogen (secondary N) is 2. The molecule has 2 N–H and O–H groups in total. The Balaban J connectivity index is 1.20. The van der Waals surface area contributed by atoms with E-state index in [-0.39, 0.29) is 80.5 Å². The van der Waals surface area contributed by atoms with Gasteiger partial charge in [0.05, 0.1) is 58.0 Å². The Morgan fingerprint density at radius 2 is 1.74 bits per heavy atom. The Bertz CT molecular complexity index is 3100. The summed E-state index contributed by atoms with van der Waals surface area (Å²) in [7, 11) is -2.48. The van der Waals surface area contributed by atoms with Gasteiger partial charge < -0.3 is 15.0 Å². The molecule has 0 unspecified atom stereocenters. The first-order valence-corrected chi connectivity index (χ1v) is 22.6. The van der Waals surface area contributed by atoms with Crippen LogP contribution in [0.3, 0.4) is 0 Å². The number of amides is 2. The summed E-state index contributed by atoms with van der Waals surface area (Å²) >= 11 is 6.63. The standard InChI is InChI=1S/C42H38ClF6N9O6S/c1-55-36-30(7-6-27(43)34(36)39(53-55)54-65(2,62)63)58-40(51-28-15-20(3-5-24(28)41(58)61)4-8-32(60)56-9-11-64-12-10-56)29(16-21-13-22(44)17-23(45)14-21)50-31(59)19-57-37-33(35(52-57)38(46)47)25-18-26(25)42(37,48)49/h3,5-7,13-15,17,25-26,29,38H,4,8-12,16,18-19H2,1-2H3,(H,50,59)(H,53,54)/t25-,26+,29-/m0/s1. The third-order valence-electron chi connectivity index (χ3n) is 11.9. The van der Waals surface area contributed by atoms with Crippen LogP contribution in [0.25, 0.3) is 27.5 Å². The monoisotopic (exact) mass is 945 g/mol. The van der Waals surface area contributed by atoms with Gasteiger partial charge in [-0.1, -0.05) is 17.7 Å². The second kappa shape index (κ2) is 16.5. The molecule has 4 heterocycles. The lowest BCUT2D eigenvalue weighted by Gasteiger charge is -2.26. The van der Waals surface area contributed by atoms with Gasteiger partial charge in [0.15, 0.2) is 5.82 Å². The van der Waals surface area contributed by atoms with Gasteiger partial charge in [-0.25, -0.2) is 31.0 Å². The maximum atomic E-state index is 15.6. The van der Waals surface area contributed by atoms with Crippen molar-refractivity contribution >= 4 is 61.1 Å². The smallest absolute Gasteiger partial charge is 0.293 e. The van der Waals surface area contributed by atoms with Gasteiger partial charge in [-0.2, -0.15) is 19.0 Å². The van der Waals surface area contributed by atoms with Crippen LogP contribution in [0.2, 0.25) is 5.02 Å². The van der Waals surface area contributed by atoms with Crippen LogP contribution >= 0.6 is 11.6 Å². The highest BCUT2D eigenvalue weighted by Gasteiger charge is 2.67. The van der Waals surface area contributed by atoms with Crippen LogP contribution in [0, 0.1) is 17.6 Å². The van der Waals surface area contributed by atoms with Crippen LogP contribution in [0.1, 0.15) is 65.1 Å². The van der Waals surface area contributed by atoms with Gasteiger partial charge in [-0.15, -0.1) is 0 Å². The average Bonchev–Trinajstić information content (AvgIpc) is 3.78. The van der Waals surface area contributed by atoms with E-state index in [1.165, 1.54) is 29.9 Å². The number of carbonyl (C=O) groups excluding carboxylic acids is 2. The van der Waals surface area contributed by atoms with Gasteiger partial charge in [0.25, 0.3) is 17.9 Å². The molecule has 2 fully saturated rings. The molecule has 1 aliphatic heterocycles. The lowest BCUT2D eigenvalue weighted by molar-refractivity contribution is -0.135. The molecule has 342 valence electrons. The minimum absolute atomic E-state index is 0.00513. The second-order valence-electron chi connectivity index (χ2n) is 16.4. The van der Waals surface area contributed by atoms with Crippen LogP contribution < -0.4 is 15.6 Å². The number of carbonyl (C=O) groups is 2. The van der Waals surface area contributed by atoms with Crippen LogP contribution in [0.4, 0.5) is 32.2 Å². The van der Waals surface area contributed by atoms with Crippen molar-refractivity contribution in [1.29, 1.82) is 0 Å². The zero-order valence-electron chi connectivity index (χ0n) is 34.4. The molecular formula is C42H38ClF6N9O6S. The summed E-state index contributed by atoms with van der Waals surface area (Å²) in [6.45, 7) is 0.685. The Kier molecular flexibility index (Phi) is 11.2. The predicted molar refractivity (Wildman–Crippen MR) is 224 cm³/mol. The van der Waals surface area contributed by atoms with Crippen molar-refractivity contribution < 1.29 is 49.1 Å². The maximum Gasteiger partial charge on any atom is 0.293 e. The molecule has 3 atom stereocenters. The molecule has 0 radical (unpaired) electrons. The number of aryl methyl sites for hydroxylation is 2. The highest BCUT2D eigenvalue weighted by Crippen LogP contribution is 2.68. The van der Waals surface area contributed by atoms with Gasteiger partial charge in [-0.3, -0.25) is 33.0 Å². The minimum atomic E-state index is -3.92. The first kappa shape index (κ1) is 44.2. The van der Waals surface area contributed by atoms with Gasteiger partial charge >= 0.3 is 0 Å². The number of hydrogen-bond donors (Lipinski definition) is 2. The van der Waals surface area contributed by atoms with Crippen molar-refractivity contribution in [2.45, 2.75) is 56.5 Å². The number of ether oxygens (including phenoxy) is 1. The Labute approximate surface area is 370 Å². The molecule has 15 nitrogen and oxygen atoms in total. The number of hydrogen-bond acceptors (Lipinski definition) is 9. The Morgan fingerprint density at radius 3 is 2.43 bits per heavy atom. The summed E-state index contributed by atoms with van der Waals surface area (Å²) in [5.74, 6) is -9.23. The normalized spacial score (nSPS) is 18.3. The van der Waals surface area contributed by atoms with E-state index in [0.717, 1.165) is 23.0 Å². The van der Waals surface area contributed by atoms with Gasteiger partial charge in [0, 0.05) is 50.5 Å². The van der Waals surface area contributed by atoms with Gasteiger partial charge in [0.1, 0.15) is 35.4 Å². The number of fused-ring (bicyclic) bond motifs is 5. The zero-order chi connectivity index (χ0) is 46.3. The largest absolute Gasteiger partial charge is 0.378 e. The van der Waals surface area contributed by atoms with Crippen LogP contribution in [0.5, 0.6) is 0 Å². The number of rotatable bonds is 13. The van der Waals surface area contributed by atoms with E-state index >= 15 is 13.6 Å². The number of morpholine rings is 1. The Morgan fingerprint density at radius 1 is 1.02 bits per heavy atom. The summed E-state index contributed by atoms with van der Waals surface area (Å²) in [5.41, 5.74) is -1.98. The average molecular weight is 946 g/mol. The summed E-state index contributed by atoms with van der Waals surface area (Å²) < 4.78 is 124. The summed E-state index contributed by atoms with van der Waals surface area (Å²) in [6.07, 6.45) is -2.47. The minimum Gasteiger partial charge on any atom is -0.378 e. The maximum absolute atomic E-state index is 15.6. The fraction of sp³-hybridized carbons (Fsp3) is 0.381. The van der Waals surface area contributed by atoms with Gasteiger partial charge in [0.2, 0.25) is 21.8 Å². The molecule has 6 aromatic rings. The molecule has 23 heteroatoms. The quantitative estimate of drug-likeness (QED) is 0.136. The van der Waals surface area contributed by atoms with E-state index in [4.69, 9.17) is 21.3 Å². The number of anilines is 1. The molecule has 2 amide bonds. The molecule has 65 heavy (non-hydrogen) atoms. The van der Waals surface area contributed by atoms with E-state index in [1.807, 2.05) is 0 Å². The number of aromatic nitrogens is 6. The first-order valence-electron chi connectivity index (χ1n) is 20.3. The van der Waals surface area contributed by atoms with Crippen molar-refractivity contribution in [1.82, 2.24) is 39.3 Å². The molecule has 0 spiro atoms. The predicted octanol–water partition coefficient (Wildman–Crippen LogP) is 5.81. The van der Waals surface area contributed by atoms with Crippen molar-refractivity contribution in [3.63, 3.8) is 0 Å². The molecule has 3 aromatic heterocycles. The van der Waals surface area contributed by atoms with E-state index in [0.29, 0.717) is 42.6 Å². The number of halogens is 7. The fourth-order valence-corrected chi connectivity index (χ4v) is 9.74. The lowest BCUT2D eigenvalue weighted by atomic mass is 10.0. The molecule has 3 aromatic carbocycles. The molecular weight excluding hydrogens is 908 g/mol. The van der Waals surface area contributed by atoms with Crippen molar-refractivity contribution in [2.75, 3.05) is 37.3 Å². The van der Waals surface area contributed by atoms with Crippen LogP contribution in [-0.4, -0.2) is 86.8 Å². The van der Waals surface area contributed by atoms with E-state index in [1.54, 1.807) is 17.0 Å². The number of benzene rings is 3. The summed E-state index contributed by atoms with van der Waals surface area (Å²) in [6, 6.07) is 8.51. The van der Waals surface area contributed by atoms with Crippen molar-refractivity contribution in [3.05, 3.63) is 109 Å². The zero-order valence-corrected chi connectivity index (χ0v) is 36.0. The Hall–Kier alpha value is -6.00. The topological polar surface area (TPSA) is 175 Å². The third-order valence-corrected chi connectivity index (χ3v) is 12.7. The van der Waals surface area contributed by atoms with E-state index < -0.39 is 87.7 Å². The summed E-state index contributed by atoms with van der Waals surface area (Å²) in [4.78, 5) is 48.8. The molecule has 1 saturated heterocycles. The number of alkyl halides is 4. The van der Waals surface area contributed by atoms with E-state index in [9.17, 15) is 35.6 Å². The first-order chi connectivity index (χ1) is 30.8. The van der Waals surface area contributed by atoms with Crippen LogP contribution in [0.15, 0.2) is 53.3 Å². The molecule has 0 bridgehead atoms. The number of sulfonamides is 1. The third kappa shape index (κ3) is 8.30. The van der Waals surface area contributed by atoms with Gasteiger partial charge in [-0.05, 0) is 66.3 Å². The fourth-order valence-electron chi connectivity index (χ4n) is 9.00. The molecule has 1 saturated carbocycles. The summed E-state index contributed by atoms with van der Waals surface area (Å²) in [5, 5.41) is 10.8. The van der Waals surface area contributed by atoms with E-state index in [2.05, 4.69) is 20.2 Å². The molecule has 9 rings (SSSR count). The van der Waals surface area contributed by atoms with Crippen molar-refractivity contribution in [3.8, 4) is 5.69 Å². The highest BCUT2D eigenvalue weighted by atomic mass is 35.5. The highest BCUT2D eigenvalue weighted by molar-refractivity contribution is 7.92. The molecule has 2 aliphatic carbocycles. The SMILES string of the molecule is Cn1nc(NS(C)(=O)=O)c2c(Cl)ccc(-n3c([C@H](Cc4cc(F)cc(F)c4)NC(=O)Cn4nc(C(F)F)c5c4C(F)(F)[C@@H]4C[C@H]54)nc4cc(CCC(=O)N5CCOCC5)ccc4c3=O)c21. The lowest BCUT2D eigenvalue weighted by Crippen LogP contribution is -2.40. The number of nitrogens with zero attached hydrogens (tertiary/aromatic N) is 7. The van der Waals surface area contributed by atoms with Crippen LogP contribution in [-0.2, 0) is 56.7 Å².